The van der Waals surface area contributed by atoms with Gasteiger partial charge in [0.1, 0.15) is 0 Å². The van der Waals surface area contributed by atoms with Crippen LogP contribution in [0.2, 0.25) is 0 Å². The highest BCUT2D eigenvalue weighted by Crippen LogP contribution is 1.96. The summed E-state index contributed by atoms with van der Waals surface area (Å²) in [6.45, 7) is 6.76. The molecule has 0 aliphatic heterocycles. The molecule has 1 amide bonds. The lowest BCUT2D eigenvalue weighted by Crippen LogP contribution is -2.32. The molecule has 5 heteroatoms. The lowest BCUT2D eigenvalue weighted by atomic mass is 10.3. The van der Waals surface area contributed by atoms with E-state index in [2.05, 4.69) is 4.90 Å². The molecule has 0 aromatic rings. The number of ether oxygens (including phenoxy) is 1. The number of rotatable bonds is 9. The van der Waals surface area contributed by atoms with E-state index in [0.29, 0.717) is 26.0 Å². The number of nitriles is 1. The molecule has 0 atom stereocenters. The molecule has 0 rings (SSSR count). The summed E-state index contributed by atoms with van der Waals surface area (Å²) in [6, 6.07) is 2.04. The first-order valence-electron chi connectivity index (χ1n) is 6.38. The first-order valence-corrected chi connectivity index (χ1v) is 6.38. The summed E-state index contributed by atoms with van der Waals surface area (Å²) in [4.78, 5) is 15.4. The Morgan fingerprint density at radius 2 is 1.94 bits per heavy atom. The van der Waals surface area contributed by atoms with Gasteiger partial charge < -0.3 is 14.5 Å². The summed E-state index contributed by atoms with van der Waals surface area (Å²) < 4.78 is 5.45. The van der Waals surface area contributed by atoms with Gasteiger partial charge in [-0.3, -0.25) is 4.79 Å². The van der Waals surface area contributed by atoms with E-state index in [1.165, 1.54) is 0 Å². The molecule has 0 saturated carbocycles. The van der Waals surface area contributed by atoms with Crippen LogP contribution in [0, 0.1) is 11.3 Å². The molecule has 0 spiro atoms. The number of carbonyl (C=O) groups is 1. The van der Waals surface area contributed by atoms with Crippen molar-refractivity contribution in [2.45, 2.75) is 32.8 Å². The minimum Gasteiger partial charge on any atom is -0.377 e. The van der Waals surface area contributed by atoms with Gasteiger partial charge in [-0.05, 0) is 20.9 Å². The Morgan fingerprint density at radius 3 is 2.50 bits per heavy atom. The fourth-order valence-corrected chi connectivity index (χ4v) is 1.38. The summed E-state index contributed by atoms with van der Waals surface area (Å²) in [5, 5.41) is 8.45. The van der Waals surface area contributed by atoms with Crippen LogP contribution in [0.15, 0.2) is 0 Å². The monoisotopic (exact) mass is 255 g/mol. The summed E-state index contributed by atoms with van der Waals surface area (Å²) in [5.74, 6) is 0.0851. The van der Waals surface area contributed by atoms with Crippen LogP contribution in [-0.2, 0) is 9.53 Å². The Balaban J connectivity index is 3.67. The standard InChI is InChI=1S/C13H25N3O2/c1-12(2)18-11-10-15(3)9-6-13(17)16(4)8-5-7-14/h12H,5-6,8-11H2,1-4H3. The number of likely N-dealkylation sites (N-methyl/N-ethyl adjacent to an activating group) is 1. The molecule has 0 saturated heterocycles. The lowest BCUT2D eigenvalue weighted by Gasteiger charge is -2.20. The van der Waals surface area contributed by atoms with E-state index in [0.717, 1.165) is 13.1 Å². The van der Waals surface area contributed by atoms with Gasteiger partial charge in [0.25, 0.3) is 0 Å². The largest absolute Gasteiger partial charge is 0.377 e. The Hall–Kier alpha value is -1.12. The van der Waals surface area contributed by atoms with E-state index in [9.17, 15) is 4.79 Å². The quantitative estimate of drug-likeness (QED) is 0.619. The van der Waals surface area contributed by atoms with Gasteiger partial charge in [-0.2, -0.15) is 5.26 Å². The van der Waals surface area contributed by atoms with Gasteiger partial charge >= 0.3 is 0 Å². The smallest absolute Gasteiger partial charge is 0.223 e. The Bertz CT molecular complexity index is 274. The Kier molecular flexibility index (Phi) is 9.25. The second-order valence-electron chi connectivity index (χ2n) is 4.70. The fourth-order valence-electron chi connectivity index (χ4n) is 1.38. The minimum absolute atomic E-state index is 0.0851. The average molecular weight is 255 g/mol. The molecule has 0 N–H and O–H groups in total. The highest BCUT2D eigenvalue weighted by molar-refractivity contribution is 5.76. The fraction of sp³-hybridized carbons (Fsp3) is 0.846. The highest BCUT2D eigenvalue weighted by atomic mass is 16.5. The van der Waals surface area contributed by atoms with Crippen LogP contribution in [-0.4, -0.2) is 62.1 Å². The van der Waals surface area contributed by atoms with E-state index in [1.807, 2.05) is 27.0 Å². The van der Waals surface area contributed by atoms with Crippen molar-refractivity contribution in [1.29, 1.82) is 5.26 Å². The van der Waals surface area contributed by atoms with Crippen molar-refractivity contribution < 1.29 is 9.53 Å². The van der Waals surface area contributed by atoms with Gasteiger partial charge in [-0.1, -0.05) is 0 Å². The third-order valence-corrected chi connectivity index (χ3v) is 2.62. The molecule has 0 aliphatic carbocycles. The van der Waals surface area contributed by atoms with Crippen molar-refractivity contribution in [2.75, 3.05) is 40.3 Å². The topological polar surface area (TPSA) is 56.6 Å². The number of carbonyl (C=O) groups excluding carboxylic acids is 1. The lowest BCUT2D eigenvalue weighted by molar-refractivity contribution is -0.130. The maximum Gasteiger partial charge on any atom is 0.223 e. The SMILES string of the molecule is CC(C)OCCN(C)CCC(=O)N(C)CCC#N. The van der Waals surface area contributed by atoms with Crippen LogP contribution < -0.4 is 0 Å². The minimum atomic E-state index is 0.0851. The van der Waals surface area contributed by atoms with Crippen LogP contribution in [0.4, 0.5) is 0 Å². The summed E-state index contributed by atoms with van der Waals surface area (Å²) in [5.41, 5.74) is 0. The zero-order valence-electron chi connectivity index (χ0n) is 12.0. The molecule has 0 fully saturated rings. The van der Waals surface area contributed by atoms with Crippen LogP contribution >= 0.6 is 0 Å². The number of hydrogen-bond acceptors (Lipinski definition) is 4. The maximum atomic E-state index is 11.7. The van der Waals surface area contributed by atoms with E-state index in [4.69, 9.17) is 10.00 Å². The number of hydrogen-bond donors (Lipinski definition) is 0. The molecule has 18 heavy (non-hydrogen) atoms. The molecule has 0 unspecified atom stereocenters. The Morgan fingerprint density at radius 1 is 1.28 bits per heavy atom. The molecule has 104 valence electrons. The predicted molar refractivity (Wildman–Crippen MR) is 71.1 cm³/mol. The summed E-state index contributed by atoms with van der Waals surface area (Å²) in [7, 11) is 3.72. The van der Waals surface area contributed by atoms with Crippen LogP contribution in [0.3, 0.4) is 0 Å². The zero-order chi connectivity index (χ0) is 14.0. The van der Waals surface area contributed by atoms with Crippen molar-refractivity contribution in [1.82, 2.24) is 9.80 Å². The normalized spacial score (nSPS) is 10.7. The Labute approximate surface area is 110 Å². The van der Waals surface area contributed by atoms with E-state index < -0.39 is 0 Å². The molecular weight excluding hydrogens is 230 g/mol. The number of nitrogens with zero attached hydrogens (tertiary/aromatic N) is 3. The van der Waals surface area contributed by atoms with Crippen LogP contribution in [0.1, 0.15) is 26.7 Å². The van der Waals surface area contributed by atoms with Crippen molar-refractivity contribution in [3.8, 4) is 6.07 Å². The number of amides is 1. The predicted octanol–water partition coefficient (Wildman–Crippen LogP) is 1.11. The van der Waals surface area contributed by atoms with Crippen molar-refractivity contribution in [2.24, 2.45) is 0 Å². The second-order valence-corrected chi connectivity index (χ2v) is 4.70. The first kappa shape index (κ1) is 16.9. The molecular formula is C13H25N3O2. The van der Waals surface area contributed by atoms with Gasteiger partial charge in [0.15, 0.2) is 0 Å². The molecule has 0 aliphatic rings. The van der Waals surface area contributed by atoms with Crippen molar-refractivity contribution >= 4 is 5.91 Å². The first-order chi connectivity index (χ1) is 8.47. The van der Waals surface area contributed by atoms with Crippen LogP contribution in [0.5, 0.6) is 0 Å². The molecule has 5 nitrogen and oxygen atoms in total. The highest BCUT2D eigenvalue weighted by Gasteiger charge is 2.09. The molecule has 0 heterocycles. The third-order valence-electron chi connectivity index (χ3n) is 2.62. The summed E-state index contributed by atoms with van der Waals surface area (Å²) in [6.07, 6.45) is 1.12. The maximum absolute atomic E-state index is 11.7. The molecule has 0 bridgehead atoms. The third kappa shape index (κ3) is 8.97. The van der Waals surface area contributed by atoms with E-state index in [-0.39, 0.29) is 12.0 Å². The van der Waals surface area contributed by atoms with E-state index >= 15 is 0 Å². The average Bonchev–Trinajstić information content (AvgIpc) is 2.32. The van der Waals surface area contributed by atoms with E-state index in [1.54, 1.807) is 11.9 Å². The van der Waals surface area contributed by atoms with Crippen LogP contribution in [0.25, 0.3) is 0 Å². The molecule has 0 radical (unpaired) electrons. The molecule has 0 aromatic heterocycles. The van der Waals surface area contributed by atoms with Gasteiger partial charge in [-0.15, -0.1) is 0 Å². The van der Waals surface area contributed by atoms with Crippen molar-refractivity contribution in [3.05, 3.63) is 0 Å². The second kappa shape index (κ2) is 9.86. The van der Waals surface area contributed by atoms with Gasteiger partial charge in [-0.25, -0.2) is 0 Å². The van der Waals surface area contributed by atoms with Crippen molar-refractivity contribution in [3.63, 3.8) is 0 Å². The van der Waals surface area contributed by atoms with Gasteiger partial charge in [0, 0.05) is 33.1 Å². The van der Waals surface area contributed by atoms with Gasteiger partial charge in [0.2, 0.25) is 5.91 Å². The molecule has 0 aromatic carbocycles. The summed E-state index contributed by atoms with van der Waals surface area (Å²) >= 11 is 0. The zero-order valence-corrected chi connectivity index (χ0v) is 12.0. The van der Waals surface area contributed by atoms with Gasteiger partial charge in [0.05, 0.1) is 25.2 Å².